The minimum absolute atomic E-state index is 0.0842. The lowest BCUT2D eigenvalue weighted by molar-refractivity contribution is -0.124. The van der Waals surface area contributed by atoms with Crippen LogP contribution in [0.4, 0.5) is 11.4 Å². The molecule has 0 spiro atoms. The standard InChI is InChI=1S/C21H21BrN2O/c1-21(2)11-17-19(18(25)12-21)20(13-7-9-14(22)10-8-13)24-16-6-4-3-5-15(16)23-17/h3-11,19-20,23-24H,12H2,1-2H3. The highest BCUT2D eigenvalue weighted by Gasteiger charge is 2.41. The normalized spacial score (nSPS) is 24.1. The van der Waals surface area contributed by atoms with Gasteiger partial charge in [0.05, 0.1) is 23.3 Å². The van der Waals surface area contributed by atoms with E-state index in [4.69, 9.17) is 0 Å². The van der Waals surface area contributed by atoms with Gasteiger partial charge in [-0.1, -0.05) is 60.1 Å². The van der Waals surface area contributed by atoms with Crippen molar-refractivity contribution in [1.82, 2.24) is 0 Å². The molecule has 2 aliphatic rings. The van der Waals surface area contributed by atoms with E-state index in [0.29, 0.717) is 6.42 Å². The van der Waals surface area contributed by atoms with Crippen LogP contribution in [0.2, 0.25) is 0 Å². The number of Topliss-reactive ketones (excluding diaryl/α,β-unsaturated/α-hetero) is 1. The molecule has 2 N–H and O–H groups in total. The third-order valence-corrected chi connectivity index (χ3v) is 5.47. The highest BCUT2D eigenvalue weighted by molar-refractivity contribution is 9.10. The van der Waals surface area contributed by atoms with Crippen molar-refractivity contribution < 1.29 is 4.79 Å². The van der Waals surface area contributed by atoms with Crippen LogP contribution >= 0.6 is 15.9 Å². The van der Waals surface area contributed by atoms with Gasteiger partial charge >= 0.3 is 0 Å². The Balaban J connectivity index is 1.87. The summed E-state index contributed by atoms with van der Waals surface area (Å²) in [4.78, 5) is 13.1. The van der Waals surface area contributed by atoms with E-state index in [-0.39, 0.29) is 23.2 Å². The van der Waals surface area contributed by atoms with Gasteiger partial charge in [-0.3, -0.25) is 4.79 Å². The molecule has 0 saturated heterocycles. The molecule has 25 heavy (non-hydrogen) atoms. The van der Waals surface area contributed by atoms with Crippen molar-refractivity contribution in [2.75, 3.05) is 10.6 Å². The lowest BCUT2D eigenvalue weighted by atomic mass is 9.72. The summed E-state index contributed by atoms with van der Waals surface area (Å²) in [6.45, 7) is 4.24. The van der Waals surface area contributed by atoms with E-state index in [1.165, 1.54) is 0 Å². The van der Waals surface area contributed by atoms with Crippen molar-refractivity contribution in [2.45, 2.75) is 26.3 Å². The van der Waals surface area contributed by atoms with Gasteiger partial charge in [-0.15, -0.1) is 0 Å². The Labute approximate surface area is 156 Å². The molecule has 0 fully saturated rings. The Kier molecular flexibility index (Phi) is 3.95. The summed E-state index contributed by atoms with van der Waals surface area (Å²) in [6.07, 6.45) is 2.79. The maximum absolute atomic E-state index is 13.1. The predicted octanol–water partition coefficient (Wildman–Crippen LogP) is 5.53. The van der Waals surface area contributed by atoms with Crippen LogP contribution in [0.25, 0.3) is 0 Å². The molecule has 128 valence electrons. The number of nitrogens with one attached hydrogen (secondary N) is 2. The molecule has 2 unspecified atom stereocenters. The van der Waals surface area contributed by atoms with Gasteiger partial charge in [0.2, 0.25) is 0 Å². The van der Waals surface area contributed by atoms with Gasteiger partial charge in [0.1, 0.15) is 5.78 Å². The van der Waals surface area contributed by atoms with Crippen LogP contribution in [0.3, 0.4) is 0 Å². The topological polar surface area (TPSA) is 41.1 Å². The van der Waals surface area contributed by atoms with Gasteiger partial charge in [0, 0.05) is 16.6 Å². The number of carbonyl (C=O) groups is 1. The summed E-state index contributed by atoms with van der Waals surface area (Å²) in [5.41, 5.74) is 4.04. The molecule has 2 atom stereocenters. The van der Waals surface area contributed by atoms with Crippen LogP contribution in [-0.2, 0) is 4.79 Å². The number of halogens is 1. The lowest BCUT2D eigenvalue weighted by Gasteiger charge is -2.35. The summed E-state index contributed by atoms with van der Waals surface area (Å²) in [5, 5.41) is 7.14. The summed E-state index contributed by atoms with van der Waals surface area (Å²) in [7, 11) is 0. The third kappa shape index (κ3) is 3.11. The minimum Gasteiger partial charge on any atom is -0.375 e. The smallest absolute Gasteiger partial charge is 0.145 e. The monoisotopic (exact) mass is 396 g/mol. The minimum atomic E-state index is -0.207. The zero-order valence-corrected chi connectivity index (χ0v) is 15.9. The molecule has 0 radical (unpaired) electrons. The van der Waals surface area contributed by atoms with E-state index in [1.807, 2.05) is 24.3 Å². The Morgan fingerprint density at radius 2 is 1.72 bits per heavy atom. The fourth-order valence-electron chi connectivity index (χ4n) is 3.84. The van der Waals surface area contributed by atoms with Gasteiger partial charge in [0.15, 0.2) is 0 Å². The molecular weight excluding hydrogens is 376 g/mol. The van der Waals surface area contributed by atoms with Crippen LogP contribution in [0, 0.1) is 11.3 Å². The van der Waals surface area contributed by atoms with Gasteiger partial charge in [-0.25, -0.2) is 0 Å². The molecule has 1 heterocycles. The van der Waals surface area contributed by atoms with Gasteiger partial charge in [0.25, 0.3) is 0 Å². The number of rotatable bonds is 1. The molecular formula is C21H21BrN2O. The second kappa shape index (κ2) is 6.03. The number of ketones is 1. The Bertz CT molecular complexity index is 854. The van der Waals surface area contributed by atoms with Crippen molar-refractivity contribution in [2.24, 2.45) is 11.3 Å². The zero-order chi connectivity index (χ0) is 17.6. The number of carbonyl (C=O) groups excluding carboxylic acids is 1. The highest BCUT2D eigenvalue weighted by atomic mass is 79.9. The van der Waals surface area contributed by atoms with Crippen LogP contribution in [0.15, 0.2) is 64.8 Å². The number of hydrogen-bond donors (Lipinski definition) is 2. The number of benzene rings is 2. The van der Waals surface area contributed by atoms with Crippen molar-refractivity contribution in [3.8, 4) is 0 Å². The molecule has 0 aromatic heterocycles. The van der Waals surface area contributed by atoms with Crippen molar-refractivity contribution in [3.05, 3.63) is 70.3 Å². The third-order valence-electron chi connectivity index (χ3n) is 4.94. The number of anilines is 2. The summed E-state index contributed by atoms with van der Waals surface area (Å²) < 4.78 is 1.04. The summed E-state index contributed by atoms with van der Waals surface area (Å²) >= 11 is 3.50. The van der Waals surface area contributed by atoms with Crippen LogP contribution in [0.1, 0.15) is 31.9 Å². The van der Waals surface area contributed by atoms with Crippen molar-refractivity contribution in [1.29, 1.82) is 0 Å². The molecule has 3 nitrogen and oxygen atoms in total. The first-order valence-corrected chi connectivity index (χ1v) is 9.36. The molecule has 1 aliphatic carbocycles. The Morgan fingerprint density at radius 3 is 2.44 bits per heavy atom. The Hall–Kier alpha value is -2.07. The number of para-hydroxylation sites is 2. The maximum Gasteiger partial charge on any atom is 0.145 e. The van der Waals surface area contributed by atoms with E-state index in [9.17, 15) is 4.79 Å². The average Bonchev–Trinajstić information content (AvgIpc) is 2.70. The lowest BCUT2D eigenvalue weighted by Crippen LogP contribution is -2.36. The quantitative estimate of drug-likeness (QED) is 0.665. The highest BCUT2D eigenvalue weighted by Crippen LogP contribution is 2.45. The fourth-order valence-corrected chi connectivity index (χ4v) is 4.11. The SMILES string of the molecule is CC1(C)C=C2Nc3ccccc3NC(c3ccc(Br)cc3)C2C(=O)C1. The molecule has 2 aromatic carbocycles. The fraction of sp³-hybridized carbons (Fsp3) is 0.286. The molecule has 0 amide bonds. The van der Waals surface area contributed by atoms with Crippen molar-refractivity contribution in [3.63, 3.8) is 0 Å². The molecule has 1 aliphatic heterocycles. The average molecular weight is 397 g/mol. The van der Waals surface area contributed by atoms with Crippen LogP contribution < -0.4 is 10.6 Å². The predicted molar refractivity (Wildman–Crippen MR) is 106 cm³/mol. The van der Waals surface area contributed by atoms with Gasteiger partial charge in [-0.05, 0) is 35.2 Å². The number of hydrogen-bond acceptors (Lipinski definition) is 3. The van der Waals surface area contributed by atoms with E-state index in [1.54, 1.807) is 0 Å². The molecule has 4 rings (SSSR count). The first-order valence-electron chi connectivity index (χ1n) is 8.56. The zero-order valence-electron chi connectivity index (χ0n) is 14.3. The number of fused-ring (bicyclic) bond motifs is 2. The maximum atomic E-state index is 13.1. The van der Waals surface area contributed by atoms with E-state index >= 15 is 0 Å². The molecule has 2 aromatic rings. The van der Waals surface area contributed by atoms with Crippen LogP contribution in [0.5, 0.6) is 0 Å². The number of allylic oxidation sites excluding steroid dienone is 1. The molecule has 0 saturated carbocycles. The van der Waals surface area contributed by atoms with Gasteiger partial charge < -0.3 is 10.6 Å². The van der Waals surface area contributed by atoms with E-state index < -0.39 is 0 Å². The first kappa shape index (κ1) is 16.4. The second-order valence-corrected chi connectivity index (χ2v) is 8.47. The molecule has 0 bridgehead atoms. The Morgan fingerprint density at radius 1 is 1.04 bits per heavy atom. The van der Waals surface area contributed by atoms with Crippen LogP contribution in [-0.4, -0.2) is 5.78 Å². The summed E-state index contributed by atoms with van der Waals surface area (Å²) in [5.74, 6) is 0.0739. The largest absolute Gasteiger partial charge is 0.375 e. The first-order chi connectivity index (χ1) is 11.9. The van der Waals surface area contributed by atoms with Gasteiger partial charge in [-0.2, -0.15) is 0 Å². The summed E-state index contributed by atoms with van der Waals surface area (Å²) in [6, 6.07) is 16.3. The van der Waals surface area contributed by atoms with E-state index in [2.05, 4.69) is 70.8 Å². The van der Waals surface area contributed by atoms with Crippen molar-refractivity contribution >= 4 is 33.1 Å². The second-order valence-electron chi connectivity index (χ2n) is 7.55. The van der Waals surface area contributed by atoms with E-state index in [0.717, 1.165) is 27.1 Å². The molecule has 4 heteroatoms.